The van der Waals surface area contributed by atoms with E-state index in [-0.39, 0.29) is 12.2 Å². The highest BCUT2D eigenvalue weighted by Gasteiger charge is 2.33. The second-order valence-electron chi connectivity index (χ2n) is 9.42. The van der Waals surface area contributed by atoms with Crippen LogP contribution in [-0.2, 0) is 24.4 Å². The van der Waals surface area contributed by atoms with Crippen molar-refractivity contribution in [1.82, 2.24) is 19.7 Å². The second kappa shape index (κ2) is 10.3. The molecule has 1 fully saturated rings. The number of fused-ring (bicyclic) bond motifs is 3. The summed E-state index contributed by atoms with van der Waals surface area (Å²) in [5.41, 5.74) is 4.84. The SMILES string of the molecule is CCOC(=O)c1c2c(c3c(Br)cn(Cc4ccccc4)c3c1CN1CCN(C)CC1)CNC(C)O2. The third kappa shape index (κ3) is 4.85. The molecular weight excluding hydrogens is 508 g/mol. The molecule has 1 atom stereocenters. The van der Waals surface area contributed by atoms with Crippen LogP contribution in [0.1, 0.15) is 40.9 Å². The number of carbonyl (C=O) groups is 1. The van der Waals surface area contributed by atoms with Crippen LogP contribution in [0, 0.1) is 0 Å². The van der Waals surface area contributed by atoms with Crippen molar-refractivity contribution >= 4 is 32.8 Å². The Kier molecular flexibility index (Phi) is 7.16. The van der Waals surface area contributed by atoms with E-state index in [1.807, 2.05) is 19.9 Å². The van der Waals surface area contributed by atoms with Crippen LogP contribution in [0.4, 0.5) is 0 Å². The van der Waals surface area contributed by atoms with Gasteiger partial charge in [0.2, 0.25) is 0 Å². The fraction of sp³-hybridized carbons (Fsp3) is 0.444. The van der Waals surface area contributed by atoms with Gasteiger partial charge in [-0.1, -0.05) is 30.3 Å². The third-order valence-electron chi connectivity index (χ3n) is 6.94. The molecule has 35 heavy (non-hydrogen) atoms. The second-order valence-corrected chi connectivity index (χ2v) is 10.3. The Hall–Kier alpha value is -2.39. The van der Waals surface area contributed by atoms with Crippen LogP contribution >= 0.6 is 15.9 Å². The lowest BCUT2D eigenvalue weighted by Gasteiger charge is -2.34. The van der Waals surface area contributed by atoms with E-state index in [4.69, 9.17) is 9.47 Å². The first-order chi connectivity index (χ1) is 17.0. The molecular formula is C27H33BrN4O3. The number of halogens is 1. The number of rotatable bonds is 6. The fourth-order valence-electron chi connectivity index (χ4n) is 5.12. The van der Waals surface area contributed by atoms with Crippen LogP contribution in [0.2, 0.25) is 0 Å². The molecule has 2 aliphatic heterocycles. The molecule has 3 heterocycles. The molecule has 0 amide bonds. The minimum atomic E-state index is -0.313. The van der Waals surface area contributed by atoms with Crippen LogP contribution in [0.25, 0.3) is 10.9 Å². The molecule has 7 nitrogen and oxygen atoms in total. The van der Waals surface area contributed by atoms with E-state index in [1.165, 1.54) is 5.56 Å². The molecule has 1 saturated heterocycles. The molecule has 8 heteroatoms. The van der Waals surface area contributed by atoms with Gasteiger partial charge in [-0.3, -0.25) is 10.2 Å². The van der Waals surface area contributed by atoms with Gasteiger partial charge in [0, 0.05) is 73.0 Å². The highest BCUT2D eigenvalue weighted by atomic mass is 79.9. The largest absolute Gasteiger partial charge is 0.474 e. The average molecular weight is 541 g/mol. The van der Waals surface area contributed by atoms with E-state index in [2.05, 4.69) is 73.1 Å². The normalized spacial score (nSPS) is 18.9. The molecule has 0 radical (unpaired) electrons. The number of carbonyl (C=O) groups excluding carboxylic acids is 1. The zero-order chi connectivity index (χ0) is 24.5. The Balaban J connectivity index is 1.74. The highest BCUT2D eigenvalue weighted by molar-refractivity contribution is 9.10. The van der Waals surface area contributed by atoms with E-state index >= 15 is 0 Å². The number of nitrogens with zero attached hydrogens (tertiary/aromatic N) is 3. The molecule has 2 aliphatic rings. The van der Waals surface area contributed by atoms with Crippen molar-refractivity contribution in [2.24, 2.45) is 0 Å². The van der Waals surface area contributed by atoms with Crippen molar-refractivity contribution in [1.29, 1.82) is 0 Å². The summed E-state index contributed by atoms with van der Waals surface area (Å²) in [6, 6.07) is 10.4. The van der Waals surface area contributed by atoms with E-state index in [0.29, 0.717) is 37.6 Å². The van der Waals surface area contributed by atoms with Crippen LogP contribution in [-0.4, -0.2) is 66.4 Å². The Morgan fingerprint density at radius 3 is 2.63 bits per heavy atom. The van der Waals surface area contributed by atoms with Crippen molar-refractivity contribution in [2.75, 3.05) is 39.8 Å². The molecule has 0 saturated carbocycles. The van der Waals surface area contributed by atoms with E-state index in [9.17, 15) is 4.79 Å². The summed E-state index contributed by atoms with van der Waals surface area (Å²) in [6.45, 7) is 10.1. The molecule has 3 aromatic rings. The number of aromatic nitrogens is 1. The quantitative estimate of drug-likeness (QED) is 0.473. The summed E-state index contributed by atoms with van der Waals surface area (Å²) in [7, 11) is 2.16. The third-order valence-corrected chi connectivity index (χ3v) is 7.54. The van der Waals surface area contributed by atoms with Crippen molar-refractivity contribution in [3.63, 3.8) is 0 Å². The van der Waals surface area contributed by atoms with E-state index in [0.717, 1.165) is 52.7 Å². The lowest BCUT2D eigenvalue weighted by atomic mass is 9.95. The lowest BCUT2D eigenvalue weighted by molar-refractivity contribution is 0.0511. The topological polar surface area (TPSA) is 59.0 Å². The molecule has 0 spiro atoms. The maximum atomic E-state index is 13.5. The van der Waals surface area contributed by atoms with Crippen molar-refractivity contribution in [2.45, 2.75) is 39.7 Å². The molecule has 5 rings (SSSR count). The summed E-state index contributed by atoms with van der Waals surface area (Å²) in [5, 5.41) is 4.50. The van der Waals surface area contributed by atoms with Gasteiger partial charge in [-0.15, -0.1) is 0 Å². The Labute approximate surface area is 215 Å². The van der Waals surface area contributed by atoms with E-state index in [1.54, 1.807) is 0 Å². The van der Waals surface area contributed by atoms with Crippen molar-refractivity contribution in [3.05, 3.63) is 63.3 Å². The van der Waals surface area contributed by atoms with Crippen LogP contribution in [0.5, 0.6) is 5.75 Å². The van der Waals surface area contributed by atoms with Gasteiger partial charge in [0.05, 0.1) is 12.1 Å². The number of esters is 1. The molecule has 0 bridgehead atoms. The van der Waals surface area contributed by atoms with Gasteiger partial charge < -0.3 is 18.9 Å². The maximum absolute atomic E-state index is 13.5. The van der Waals surface area contributed by atoms with Gasteiger partial charge in [0.25, 0.3) is 0 Å². The lowest BCUT2D eigenvalue weighted by Crippen LogP contribution is -2.44. The Morgan fingerprint density at radius 2 is 1.91 bits per heavy atom. The van der Waals surface area contributed by atoms with Gasteiger partial charge in [-0.2, -0.15) is 0 Å². The van der Waals surface area contributed by atoms with Crippen LogP contribution in [0.3, 0.4) is 0 Å². The zero-order valence-electron chi connectivity index (χ0n) is 20.6. The molecule has 1 N–H and O–H groups in total. The number of ether oxygens (including phenoxy) is 2. The number of likely N-dealkylation sites (N-methyl/N-ethyl adjacent to an activating group) is 1. The number of hydrogen-bond acceptors (Lipinski definition) is 6. The minimum absolute atomic E-state index is 0.185. The smallest absolute Gasteiger partial charge is 0.342 e. The predicted molar refractivity (Wildman–Crippen MR) is 141 cm³/mol. The van der Waals surface area contributed by atoms with Gasteiger partial charge >= 0.3 is 5.97 Å². The Morgan fingerprint density at radius 1 is 1.17 bits per heavy atom. The minimum Gasteiger partial charge on any atom is -0.474 e. The summed E-state index contributed by atoms with van der Waals surface area (Å²) in [5.74, 6) is 0.344. The molecule has 1 aromatic heterocycles. The van der Waals surface area contributed by atoms with Crippen molar-refractivity contribution < 1.29 is 14.3 Å². The summed E-state index contributed by atoms with van der Waals surface area (Å²) in [6.07, 6.45) is 1.95. The number of piperazine rings is 1. The number of nitrogens with one attached hydrogen (secondary N) is 1. The van der Waals surface area contributed by atoms with Gasteiger partial charge in [0.15, 0.2) is 0 Å². The fourth-order valence-corrected chi connectivity index (χ4v) is 5.80. The van der Waals surface area contributed by atoms with E-state index < -0.39 is 0 Å². The highest BCUT2D eigenvalue weighted by Crippen LogP contribution is 2.43. The standard InChI is InChI=1S/C27H33BrN4O3/c1-4-34-27(33)24-21(16-31-12-10-30(3)11-13-31)25-23(20-14-29-18(2)35-26(20)24)22(28)17-32(25)15-19-8-6-5-7-9-19/h5-9,17-18,29H,4,10-16H2,1-3H3. The predicted octanol–water partition coefficient (Wildman–Crippen LogP) is 4.20. The molecule has 186 valence electrons. The van der Waals surface area contributed by atoms with Gasteiger partial charge in [-0.05, 0) is 42.4 Å². The number of benzene rings is 2. The van der Waals surface area contributed by atoms with Crippen LogP contribution < -0.4 is 10.1 Å². The summed E-state index contributed by atoms with van der Waals surface area (Å²) >= 11 is 3.84. The average Bonchev–Trinajstić information content (AvgIpc) is 3.17. The number of hydrogen-bond donors (Lipinski definition) is 1. The van der Waals surface area contributed by atoms with Crippen molar-refractivity contribution in [3.8, 4) is 5.75 Å². The van der Waals surface area contributed by atoms with Crippen LogP contribution in [0.15, 0.2) is 41.0 Å². The molecule has 0 aliphatic carbocycles. The first-order valence-electron chi connectivity index (χ1n) is 12.3. The van der Waals surface area contributed by atoms with Gasteiger partial charge in [0.1, 0.15) is 17.5 Å². The summed E-state index contributed by atoms with van der Waals surface area (Å²) in [4.78, 5) is 18.3. The molecule has 1 unspecified atom stereocenters. The summed E-state index contributed by atoms with van der Waals surface area (Å²) < 4.78 is 15.2. The molecule has 2 aromatic carbocycles. The first-order valence-corrected chi connectivity index (χ1v) is 13.1. The first kappa shape index (κ1) is 24.3. The monoisotopic (exact) mass is 540 g/mol. The van der Waals surface area contributed by atoms with Gasteiger partial charge in [-0.25, -0.2) is 4.79 Å². The zero-order valence-corrected chi connectivity index (χ0v) is 22.2. The Bertz CT molecular complexity index is 1220. The maximum Gasteiger partial charge on any atom is 0.342 e.